The number of hydrogen-bond donors (Lipinski definition) is 0. The van der Waals surface area contributed by atoms with Crippen LogP contribution in [0.1, 0.15) is 39.7 Å². The molecular formula is C21H33NO5Si. The molecule has 0 radical (unpaired) electrons. The molecule has 1 aliphatic heterocycles. The fourth-order valence-corrected chi connectivity index (χ4v) is 4.38. The van der Waals surface area contributed by atoms with Gasteiger partial charge >= 0.3 is 0 Å². The Kier molecular flexibility index (Phi) is 6.61. The highest BCUT2D eigenvalue weighted by Gasteiger charge is 2.46. The zero-order chi connectivity index (χ0) is 21.3. The number of benzene rings is 1. The number of piperidine rings is 1. The maximum absolute atomic E-state index is 12.6. The number of likely N-dealkylation sites (tertiary alicyclic amines) is 1. The van der Waals surface area contributed by atoms with Crippen molar-refractivity contribution in [2.24, 2.45) is 0 Å². The maximum Gasteiger partial charge on any atom is 0.230 e. The van der Waals surface area contributed by atoms with Gasteiger partial charge in [0.1, 0.15) is 17.6 Å². The molecule has 1 aromatic carbocycles. The van der Waals surface area contributed by atoms with Crippen LogP contribution in [0.25, 0.3) is 0 Å². The van der Waals surface area contributed by atoms with Gasteiger partial charge in [0.2, 0.25) is 5.91 Å². The fraction of sp³-hybridized carbons (Fsp3) is 0.619. The number of amides is 1. The van der Waals surface area contributed by atoms with Crippen LogP contribution in [0.5, 0.6) is 11.5 Å². The van der Waals surface area contributed by atoms with Gasteiger partial charge in [0.05, 0.1) is 26.7 Å². The molecule has 0 N–H and O–H groups in total. The van der Waals surface area contributed by atoms with Crippen LogP contribution in [0, 0.1) is 0 Å². The lowest BCUT2D eigenvalue weighted by Crippen LogP contribution is -2.58. The normalized spacial score (nSPS) is 21.1. The summed E-state index contributed by atoms with van der Waals surface area (Å²) in [5, 5.41) is -0.0154. The van der Waals surface area contributed by atoms with Gasteiger partial charge in [0, 0.05) is 18.2 Å². The smallest absolute Gasteiger partial charge is 0.230 e. The third-order valence-corrected chi connectivity index (χ3v) is 10.4. The van der Waals surface area contributed by atoms with Crippen molar-refractivity contribution in [2.75, 3.05) is 14.2 Å². The van der Waals surface area contributed by atoms with Crippen molar-refractivity contribution in [1.29, 1.82) is 0 Å². The van der Waals surface area contributed by atoms with Crippen molar-refractivity contribution in [3.63, 3.8) is 0 Å². The summed E-state index contributed by atoms with van der Waals surface area (Å²) in [5.41, 5.74) is 0.865. The Labute approximate surface area is 169 Å². The van der Waals surface area contributed by atoms with Gasteiger partial charge in [-0.05, 0) is 37.2 Å². The molecule has 7 heteroatoms. The van der Waals surface area contributed by atoms with E-state index < -0.39 is 14.4 Å². The van der Waals surface area contributed by atoms with Crippen LogP contribution < -0.4 is 9.47 Å². The van der Waals surface area contributed by atoms with Gasteiger partial charge in [-0.1, -0.05) is 20.8 Å². The Balaban J connectivity index is 2.28. The number of hydrogen-bond acceptors (Lipinski definition) is 5. The van der Waals surface area contributed by atoms with Gasteiger partial charge in [-0.25, -0.2) is 0 Å². The molecule has 2 rings (SSSR count). The molecule has 0 aliphatic carbocycles. The molecule has 1 aromatic rings. The largest absolute Gasteiger partial charge is 0.497 e. The first-order valence-electron chi connectivity index (χ1n) is 9.62. The Morgan fingerprint density at radius 2 is 1.79 bits per heavy atom. The van der Waals surface area contributed by atoms with Crippen molar-refractivity contribution in [1.82, 2.24) is 4.90 Å². The van der Waals surface area contributed by atoms with Crippen LogP contribution in [0.4, 0.5) is 0 Å². The Bertz CT molecular complexity index is 741. The molecule has 1 saturated heterocycles. The topological polar surface area (TPSA) is 65.1 Å². The van der Waals surface area contributed by atoms with E-state index in [2.05, 4.69) is 33.9 Å². The number of ether oxygens (including phenoxy) is 2. The first kappa shape index (κ1) is 22.4. The van der Waals surface area contributed by atoms with Crippen molar-refractivity contribution in [3.05, 3.63) is 23.8 Å². The third-order valence-electron chi connectivity index (χ3n) is 5.96. The van der Waals surface area contributed by atoms with E-state index in [4.69, 9.17) is 13.9 Å². The molecule has 2 atom stereocenters. The number of ketones is 1. The highest BCUT2D eigenvalue weighted by Crippen LogP contribution is 2.39. The van der Waals surface area contributed by atoms with E-state index in [1.165, 1.54) is 0 Å². The standard InChI is InChI=1S/C21H33NO5Si/c1-14-20(27-28(7,8)21(2,3)4)17(23)12-19(24)22(14)13-15-9-10-16(25-5)11-18(15)26-6/h9-11,14,20H,12-13H2,1-8H3/t14-,20-/m0/s1. The summed E-state index contributed by atoms with van der Waals surface area (Å²) in [6.45, 7) is 12.9. The number of methoxy groups -OCH3 is 2. The van der Waals surface area contributed by atoms with Crippen LogP contribution in [0.15, 0.2) is 18.2 Å². The number of Topliss-reactive ketones (excluding diaryl/α,β-unsaturated/α-hetero) is 1. The van der Waals surface area contributed by atoms with Gasteiger partial charge in [-0.3, -0.25) is 9.59 Å². The highest BCUT2D eigenvalue weighted by atomic mass is 28.4. The molecule has 6 nitrogen and oxygen atoms in total. The van der Waals surface area contributed by atoms with Crippen LogP contribution in [0.3, 0.4) is 0 Å². The predicted octanol–water partition coefficient (Wildman–Crippen LogP) is 3.78. The molecule has 28 heavy (non-hydrogen) atoms. The quantitative estimate of drug-likeness (QED) is 0.530. The summed E-state index contributed by atoms with van der Waals surface area (Å²) < 4.78 is 17.1. The molecule has 0 unspecified atom stereocenters. The third kappa shape index (κ3) is 4.58. The lowest BCUT2D eigenvalue weighted by atomic mass is 9.97. The highest BCUT2D eigenvalue weighted by molar-refractivity contribution is 6.74. The Morgan fingerprint density at radius 3 is 2.32 bits per heavy atom. The molecule has 156 valence electrons. The van der Waals surface area contributed by atoms with Crippen LogP contribution in [-0.2, 0) is 20.6 Å². The number of rotatable bonds is 6. The summed E-state index contributed by atoms with van der Waals surface area (Å²) >= 11 is 0. The van der Waals surface area contributed by atoms with Gasteiger partial charge < -0.3 is 18.8 Å². The van der Waals surface area contributed by atoms with E-state index in [1.807, 2.05) is 19.1 Å². The van der Waals surface area contributed by atoms with Gasteiger partial charge in [0.15, 0.2) is 14.1 Å². The summed E-state index contributed by atoms with van der Waals surface area (Å²) in [7, 11) is 1.04. The zero-order valence-corrected chi connectivity index (χ0v) is 19.3. The van der Waals surface area contributed by atoms with E-state index >= 15 is 0 Å². The predicted molar refractivity (Wildman–Crippen MR) is 111 cm³/mol. The lowest BCUT2D eigenvalue weighted by Gasteiger charge is -2.44. The molecule has 0 saturated carbocycles. The van der Waals surface area contributed by atoms with Gasteiger partial charge in [-0.2, -0.15) is 0 Å². The van der Waals surface area contributed by atoms with Crippen molar-refractivity contribution in [2.45, 2.75) is 70.9 Å². The van der Waals surface area contributed by atoms with Crippen LogP contribution in [0.2, 0.25) is 18.1 Å². The molecule has 0 spiro atoms. The molecule has 1 fully saturated rings. The minimum atomic E-state index is -2.15. The minimum absolute atomic E-state index is 0.0154. The number of carbonyl (C=O) groups excluding carboxylic acids is 2. The first-order valence-corrected chi connectivity index (χ1v) is 12.5. The van der Waals surface area contributed by atoms with Crippen molar-refractivity contribution >= 4 is 20.0 Å². The van der Waals surface area contributed by atoms with Crippen LogP contribution in [-0.4, -0.2) is 51.3 Å². The summed E-state index contributed by atoms with van der Waals surface area (Å²) in [5.74, 6) is 1.04. The van der Waals surface area contributed by atoms with E-state index in [0.717, 1.165) is 5.56 Å². The molecule has 0 bridgehead atoms. The second-order valence-electron chi connectivity index (χ2n) is 8.88. The average molecular weight is 408 g/mol. The zero-order valence-electron chi connectivity index (χ0n) is 18.3. The average Bonchev–Trinajstić information content (AvgIpc) is 2.61. The maximum atomic E-state index is 12.6. The van der Waals surface area contributed by atoms with E-state index in [9.17, 15) is 9.59 Å². The second kappa shape index (κ2) is 8.25. The lowest BCUT2D eigenvalue weighted by molar-refractivity contribution is -0.150. The minimum Gasteiger partial charge on any atom is -0.497 e. The molecule has 0 aromatic heterocycles. The molecule has 1 amide bonds. The van der Waals surface area contributed by atoms with Gasteiger partial charge in [0.25, 0.3) is 0 Å². The SMILES string of the molecule is COc1ccc(CN2C(=O)CC(=O)[C@@H](O[Si](C)(C)C(C)(C)C)[C@@H]2C)c(OC)c1. The Hall–Kier alpha value is -1.86. The van der Waals surface area contributed by atoms with Gasteiger partial charge in [-0.15, -0.1) is 0 Å². The second-order valence-corrected chi connectivity index (χ2v) is 13.6. The first-order chi connectivity index (χ1) is 12.9. The summed E-state index contributed by atoms with van der Waals surface area (Å²) in [4.78, 5) is 27.0. The summed E-state index contributed by atoms with van der Waals surface area (Å²) in [6, 6.07) is 5.18. The monoisotopic (exact) mass is 407 g/mol. The van der Waals surface area contributed by atoms with Crippen LogP contribution >= 0.6 is 0 Å². The van der Waals surface area contributed by atoms with E-state index in [-0.39, 0.29) is 29.2 Å². The molecule has 1 aliphatic rings. The fourth-order valence-electron chi connectivity index (χ4n) is 3.07. The van der Waals surface area contributed by atoms with E-state index in [1.54, 1.807) is 25.2 Å². The van der Waals surface area contributed by atoms with Crippen molar-refractivity contribution < 1.29 is 23.5 Å². The molecular weight excluding hydrogens is 374 g/mol. The number of nitrogens with zero attached hydrogens (tertiary/aromatic N) is 1. The Morgan fingerprint density at radius 1 is 1.14 bits per heavy atom. The summed E-state index contributed by atoms with van der Waals surface area (Å²) in [6.07, 6.45) is -0.718. The van der Waals surface area contributed by atoms with Crippen molar-refractivity contribution in [3.8, 4) is 11.5 Å². The number of carbonyl (C=O) groups is 2. The van der Waals surface area contributed by atoms with E-state index in [0.29, 0.717) is 18.0 Å². The molecule has 1 heterocycles.